The molecule has 0 N–H and O–H groups in total. The molecule has 0 unspecified atom stereocenters. The van der Waals surface area contributed by atoms with Gasteiger partial charge in [0.2, 0.25) is 5.91 Å². The van der Waals surface area contributed by atoms with Gasteiger partial charge in [0.1, 0.15) is 0 Å². The number of nitrogens with zero attached hydrogens (tertiary/aromatic N) is 2. The van der Waals surface area contributed by atoms with Crippen LogP contribution in [0.3, 0.4) is 0 Å². The highest BCUT2D eigenvalue weighted by Crippen LogP contribution is 2.36. The zero-order valence-corrected chi connectivity index (χ0v) is 13.6. The Labute approximate surface area is 137 Å². The Morgan fingerprint density at radius 2 is 1.70 bits per heavy atom. The first-order valence-corrected chi connectivity index (χ1v) is 8.38. The van der Waals surface area contributed by atoms with E-state index in [-0.39, 0.29) is 5.91 Å². The summed E-state index contributed by atoms with van der Waals surface area (Å²) in [7, 11) is 0. The van der Waals surface area contributed by atoms with E-state index in [2.05, 4.69) is 47.4 Å². The summed E-state index contributed by atoms with van der Waals surface area (Å²) in [6, 6.07) is 15.6. The van der Waals surface area contributed by atoms with E-state index in [1.165, 1.54) is 27.8 Å². The highest BCUT2D eigenvalue weighted by atomic mass is 16.2. The molecule has 0 saturated carbocycles. The Morgan fingerprint density at radius 3 is 2.48 bits per heavy atom. The highest BCUT2D eigenvalue weighted by molar-refractivity contribution is 5.77. The van der Waals surface area contributed by atoms with Gasteiger partial charge in [-0.2, -0.15) is 0 Å². The highest BCUT2D eigenvalue weighted by Gasteiger charge is 2.20. The molecular weight excluding hydrogens is 284 g/mol. The molecule has 4 rings (SSSR count). The van der Waals surface area contributed by atoms with Crippen molar-refractivity contribution < 1.29 is 4.79 Å². The number of hydrogen-bond donors (Lipinski definition) is 0. The van der Waals surface area contributed by atoms with E-state index >= 15 is 0 Å². The Hall–Kier alpha value is -2.13. The maximum absolute atomic E-state index is 11.4. The van der Waals surface area contributed by atoms with Gasteiger partial charge in [-0.25, -0.2) is 0 Å². The van der Waals surface area contributed by atoms with Gasteiger partial charge in [0.05, 0.1) is 0 Å². The third-order valence-electron chi connectivity index (χ3n) is 5.08. The monoisotopic (exact) mass is 306 g/mol. The fourth-order valence-electron chi connectivity index (χ4n) is 3.78. The van der Waals surface area contributed by atoms with Gasteiger partial charge in [-0.3, -0.25) is 9.69 Å². The van der Waals surface area contributed by atoms with Crippen molar-refractivity contribution in [1.82, 2.24) is 9.80 Å². The maximum atomic E-state index is 11.4. The van der Waals surface area contributed by atoms with Gasteiger partial charge in [0.25, 0.3) is 0 Å². The van der Waals surface area contributed by atoms with Crippen molar-refractivity contribution in [2.75, 3.05) is 26.2 Å². The first-order chi connectivity index (χ1) is 11.2. The smallest absolute Gasteiger partial charge is 0.219 e. The molecule has 1 heterocycles. The Morgan fingerprint density at radius 1 is 0.957 bits per heavy atom. The van der Waals surface area contributed by atoms with Gasteiger partial charge >= 0.3 is 0 Å². The van der Waals surface area contributed by atoms with Crippen molar-refractivity contribution in [3.63, 3.8) is 0 Å². The molecule has 118 valence electrons. The lowest BCUT2D eigenvalue weighted by atomic mass is 10.0. The van der Waals surface area contributed by atoms with Crippen molar-refractivity contribution >= 4 is 5.91 Å². The number of benzene rings is 2. The third kappa shape index (κ3) is 2.77. The number of fused-ring (bicyclic) bond motifs is 3. The van der Waals surface area contributed by atoms with Crippen LogP contribution in [-0.4, -0.2) is 41.9 Å². The van der Waals surface area contributed by atoms with Crippen molar-refractivity contribution in [3.8, 4) is 11.1 Å². The molecule has 1 fully saturated rings. The summed E-state index contributed by atoms with van der Waals surface area (Å²) in [5.41, 5.74) is 7.06. The van der Waals surface area contributed by atoms with Crippen LogP contribution in [0.1, 0.15) is 23.6 Å². The summed E-state index contributed by atoms with van der Waals surface area (Å²) in [5.74, 6) is 0.194. The minimum absolute atomic E-state index is 0.194. The Balaban J connectivity index is 1.46. The summed E-state index contributed by atoms with van der Waals surface area (Å²) < 4.78 is 0. The van der Waals surface area contributed by atoms with Gasteiger partial charge in [-0.1, -0.05) is 42.5 Å². The van der Waals surface area contributed by atoms with Crippen LogP contribution < -0.4 is 0 Å². The van der Waals surface area contributed by atoms with E-state index < -0.39 is 0 Å². The van der Waals surface area contributed by atoms with E-state index in [1.54, 1.807) is 6.92 Å². The topological polar surface area (TPSA) is 23.6 Å². The molecule has 1 saturated heterocycles. The summed E-state index contributed by atoms with van der Waals surface area (Å²) >= 11 is 0. The molecule has 3 nitrogen and oxygen atoms in total. The molecule has 0 atom stereocenters. The fourth-order valence-corrected chi connectivity index (χ4v) is 3.78. The van der Waals surface area contributed by atoms with Crippen molar-refractivity contribution in [1.29, 1.82) is 0 Å². The number of amides is 1. The minimum Gasteiger partial charge on any atom is -0.340 e. The maximum Gasteiger partial charge on any atom is 0.219 e. The lowest BCUT2D eigenvalue weighted by Crippen LogP contribution is -2.47. The number of carbonyl (C=O) groups is 1. The lowest BCUT2D eigenvalue weighted by Gasteiger charge is -2.34. The quantitative estimate of drug-likeness (QED) is 0.727. The summed E-state index contributed by atoms with van der Waals surface area (Å²) in [6.45, 7) is 6.29. The normalized spacial score (nSPS) is 17.0. The van der Waals surface area contributed by atoms with E-state index in [0.717, 1.165) is 39.1 Å². The van der Waals surface area contributed by atoms with Crippen LogP contribution >= 0.6 is 0 Å². The molecule has 1 aliphatic carbocycles. The molecule has 3 heteroatoms. The first-order valence-electron chi connectivity index (χ1n) is 8.38. The summed E-state index contributed by atoms with van der Waals surface area (Å²) in [6.07, 6.45) is 1.05. The average molecular weight is 306 g/mol. The number of rotatable bonds is 2. The molecule has 0 bridgehead atoms. The minimum atomic E-state index is 0.194. The third-order valence-corrected chi connectivity index (χ3v) is 5.08. The Bertz CT molecular complexity index is 745. The number of hydrogen-bond acceptors (Lipinski definition) is 2. The SMILES string of the molecule is CC(=O)N1CCN(Cc2ccc3c(c2)Cc2ccccc2-3)CC1. The van der Waals surface area contributed by atoms with Crippen molar-refractivity contribution in [2.45, 2.75) is 19.9 Å². The number of carbonyl (C=O) groups excluding carboxylic acids is 1. The zero-order chi connectivity index (χ0) is 15.8. The largest absolute Gasteiger partial charge is 0.340 e. The molecule has 0 aromatic heterocycles. The van der Waals surface area contributed by atoms with Gasteiger partial charge in [0, 0.05) is 39.6 Å². The second kappa shape index (κ2) is 5.82. The number of piperazine rings is 1. The molecule has 23 heavy (non-hydrogen) atoms. The average Bonchev–Trinajstić information content (AvgIpc) is 2.93. The van der Waals surface area contributed by atoms with Crippen LogP contribution in [0.5, 0.6) is 0 Å². The van der Waals surface area contributed by atoms with E-state index in [1.807, 2.05) is 4.90 Å². The molecule has 1 aliphatic heterocycles. The van der Waals surface area contributed by atoms with E-state index in [9.17, 15) is 4.79 Å². The van der Waals surface area contributed by atoms with Gasteiger partial charge in [-0.05, 0) is 34.2 Å². The van der Waals surface area contributed by atoms with Crippen molar-refractivity contribution in [3.05, 3.63) is 59.2 Å². The molecule has 0 spiro atoms. The summed E-state index contributed by atoms with van der Waals surface area (Å²) in [4.78, 5) is 15.8. The molecule has 0 radical (unpaired) electrons. The predicted octanol–water partition coefficient (Wildman–Crippen LogP) is 2.92. The van der Waals surface area contributed by atoms with E-state index in [4.69, 9.17) is 0 Å². The molecular formula is C20H22N2O. The van der Waals surface area contributed by atoms with Crippen molar-refractivity contribution in [2.24, 2.45) is 0 Å². The predicted molar refractivity (Wildman–Crippen MR) is 92.2 cm³/mol. The second-order valence-electron chi connectivity index (χ2n) is 6.61. The van der Waals surface area contributed by atoms with E-state index in [0.29, 0.717) is 0 Å². The second-order valence-corrected chi connectivity index (χ2v) is 6.61. The molecule has 2 aromatic rings. The van der Waals surface area contributed by atoms with Gasteiger partial charge < -0.3 is 4.90 Å². The van der Waals surface area contributed by atoms with Gasteiger partial charge in [-0.15, -0.1) is 0 Å². The van der Waals surface area contributed by atoms with Gasteiger partial charge in [0.15, 0.2) is 0 Å². The van der Waals surface area contributed by atoms with Crippen LogP contribution in [-0.2, 0) is 17.8 Å². The van der Waals surface area contributed by atoms with Crippen LogP contribution in [0.4, 0.5) is 0 Å². The molecule has 1 amide bonds. The molecule has 2 aliphatic rings. The molecule has 2 aromatic carbocycles. The first kappa shape index (κ1) is 14.5. The van der Waals surface area contributed by atoms with Crippen LogP contribution in [0, 0.1) is 0 Å². The Kier molecular flexibility index (Phi) is 3.66. The van der Waals surface area contributed by atoms with Crippen LogP contribution in [0.25, 0.3) is 11.1 Å². The zero-order valence-electron chi connectivity index (χ0n) is 13.6. The van der Waals surface area contributed by atoms with Crippen LogP contribution in [0.15, 0.2) is 42.5 Å². The van der Waals surface area contributed by atoms with Crippen LogP contribution in [0.2, 0.25) is 0 Å². The standard InChI is InChI=1S/C20H22N2O/c1-15(23)22-10-8-21(9-11-22)14-16-6-7-20-18(12-16)13-17-4-2-3-5-19(17)20/h2-7,12H,8-11,13-14H2,1H3. The fraction of sp³-hybridized carbons (Fsp3) is 0.350. The lowest BCUT2D eigenvalue weighted by molar-refractivity contribution is -0.130. The summed E-state index contributed by atoms with van der Waals surface area (Å²) in [5, 5.41) is 0.